The fourth-order valence-corrected chi connectivity index (χ4v) is 2.35. The Morgan fingerprint density at radius 3 is 2.56 bits per heavy atom. The van der Waals surface area contributed by atoms with Crippen LogP contribution in [0, 0.1) is 5.92 Å². The Balaban J connectivity index is 1.93. The Morgan fingerprint density at radius 2 is 2.11 bits per heavy atom. The molecule has 2 N–H and O–H groups in total. The number of alkyl halides is 1. The zero-order valence-corrected chi connectivity index (χ0v) is 7.39. The Bertz CT molecular complexity index is 114. The summed E-state index contributed by atoms with van der Waals surface area (Å²) in [7, 11) is 0. The second-order valence-electron chi connectivity index (χ2n) is 2.90. The molecule has 1 aliphatic carbocycles. The van der Waals surface area contributed by atoms with Crippen LogP contribution in [0.1, 0.15) is 12.8 Å². The molecule has 9 heavy (non-hydrogen) atoms. The van der Waals surface area contributed by atoms with Crippen molar-refractivity contribution in [1.29, 1.82) is 0 Å². The maximum absolute atomic E-state index is 3.31. The number of hydrazine groups is 1. The van der Waals surface area contributed by atoms with Crippen LogP contribution < -0.4 is 10.9 Å². The summed E-state index contributed by atoms with van der Waals surface area (Å²) in [4.78, 5) is 0. The Labute approximate surface area is 68.9 Å². The van der Waals surface area contributed by atoms with E-state index in [2.05, 4.69) is 33.4 Å². The summed E-state index contributed by atoms with van der Waals surface area (Å²) in [6.45, 7) is 1.14. The molecule has 2 fully saturated rings. The zero-order chi connectivity index (χ0) is 6.27. The molecule has 3 heteroatoms. The van der Waals surface area contributed by atoms with Crippen molar-refractivity contribution in [2.45, 2.75) is 22.8 Å². The second kappa shape index (κ2) is 2.36. The van der Waals surface area contributed by atoms with E-state index in [9.17, 15) is 0 Å². The van der Waals surface area contributed by atoms with E-state index in [4.69, 9.17) is 0 Å². The van der Waals surface area contributed by atoms with E-state index in [0.29, 0.717) is 0 Å². The van der Waals surface area contributed by atoms with Crippen LogP contribution in [0.25, 0.3) is 0 Å². The van der Waals surface area contributed by atoms with Crippen molar-refractivity contribution in [3.05, 3.63) is 0 Å². The molecule has 0 bridgehead atoms. The highest BCUT2D eigenvalue weighted by Gasteiger charge is 2.37. The van der Waals surface area contributed by atoms with E-state index in [1.165, 1.54) is 12.8 Å². The minimum Gasteiger partial charge on any atom is -0.256 e. The fraction of sp³-hybridized carbons (Fsp3) is 1.00. The topological polar surface area (TPSA) is 24.1 Å². The van der Waals surface area contributed by atoms with Gasteiger partial charge in [-0.15, -0.1) is 0 Å². The molecule has 1 saturated carbocycles. The average molecular weight is 238 g/mol. The number of nitrogens with one attached hydrogen (secondary N) is 2. The monoisotopic (exact) mass is 238 g/mol. The van der Waals surface area contributed by atoms with Crippen molar-refractivity contribution in [2.24, 2.45) is 5.92 Å². The maximum atomic E-state index is 3.31. The molecular formula is C6H11IN2. The molecule has 1 saturated heterocycles. The normalized spacial score (nSPS) is 43.7. The first-order valence-corrected chi connectivity index (χ1v) is 4.75. The Hall–Kier alpha value is 0.650. The fourth-order valence-electron chi connectivity index (χ4n) is 1.36. The van der Waals surface area contributed by atoms with Gasteiger partial charge in [-0.25, -0.2) is 0 Å². The van der Waals surface area contributed by atoms with E-state index in [0.717, 1.165) is 22.4 Å². The molecule has 1 aliphatic heterocycles. The third-order valence-corrected chi connectivity index (χ3v) is 3.30. The van der Waals surface area contributed by atoms with Gasteiger partial charge in [-0.2, -0.15) is 0 Å². The lowest BCUT2D eigenvalue weighted by Gasteiger charge is -2.10. The lowest BCUT2D eigenvalue weighted by atomic mass is 10.1. The minimum absolute atomic E-state index is 0.769. The Kier molecular flexibility index (Phi) is 1.67. The van der Waals surface area contributed by atoms with Crippen LogP contribution in [0.5, 0.6) is 0 Å². The molecule has 2 unspecified atom stereocenters. The molecule has 2 rings (SSSR count). The lowest BCUT2D eigenvalue weighted by Crippen LogP contribution is -2.33. The third kappa shape index (κ3) is 1.23. The van der Waals surface area contributed by atoms with Gasteiger partial charge in [-0.05, 0) is 18.8 Å². The molecule has 52 valence electrons. The van der Waals surface area contributed by atoms with Crippen LogP contribution in [0.4, 0.5) is 0 Å². The molecule has 2 atom stereocenters. The van der Waals surface area contributed by atoms with Crippen molar-refractivity contribution < 1.29 is 0 Å². The second-order valence-corrected chi connectivity index (χ2v) is 4.50. The van der Waals surface area contributed by atoms with Gasteiger partial charge >= 0.3 is 0 Å². The molecule has 2 aliphatic rings. The van der Waals surface area contributed by atoms with Gasteiger partial charge in [0.1, 0.15) is 0 Å². The van der Waals surface area contributed by atoms with Gasteiger partial charge in [0.15, 0.2) is 0 Å². The maximum Gasteiger partial charge on any atom is 0.0418 e. The van der Waals surface area contributed by atoms with Crippen LogP contribution in [0.15, 0.2) is 0 Å². The van der Waals surface area contributed by atoms with E-state index in [-0.39, 0.29) is 0 Å². The van der Waals surface area contributed by atoms with Gasteiger partial charge < -0.3 is 0 Å². The number of hydrogen-bond donors (Lipinski definition) is 2. The van der Waals surface area contributed by atoms with Crippen molar-refractivity contribution >= 4 is 22.6 Å². The standard InChI is InChI=1S/C6H11IN2/c7-5-3-8-9-6(5)4-1-2-4/h4-6,8-9H,1-3H2. The first kappa shape index (κ1) is 6.37. The van der Waals surface area contributed by atoms with E-state index in [1.807, 2.05) is 0 Å². The van der Waals surface area contributed by atoms with Gasteiger partial charge in [0.2, 0.25) is 0 Å². The molecular weight excluding hydrogens is 227 g/mol. The van der Waals surface area contributed by atoms with E-state index >= 15 is 0 Å². The largest absolute Gasteiger partial charge is 0.256 e. The van der Waals surface area contributed by atoms with Crippen LogP contribution in [0.2, 0.25) is 0 Å². The molecule has 2 nitrogen and oxygen atoms in total. The number of rotatable bonds is 1. The van der Waals surface area contributed by atoms with Crippen molar-refractivity contribution in [3.63, 3.8) is 0 Å². The molecule has 1 heterocycles. The summed E-state index contributed by atoms with van der Waals surface area (Å²) >= 11 is 2.52. The predicted molar refractivity (Wildman–Crippen MR) is 45.5 cm³/mol. The highest BCUT2D eigenvalue weighted by Crippen LogP contribution is 2.36. The van der Waals surface area contributed by atoms with Gasteiger partial charge in [0.05, 0.1) is 0 Å². The number of hydrogen-bond acceptors (Lipinski definition) is 2. The predicted octanol–water partition coefficient (Wildman–Crippen LogP) is 0.676. The summed E-state index contributed by atoms with van der Waals surface area (Å²) in [5, 5.41) is 0. The molecule has 0 radical (unpaired) electrons. The summed E-state index contributed by atoms with van der Waals surface area (Å²) in [6.07, 6.45) is 2.89. The average Bonchev–Trinajstić information content (AvgIpc) is 2.58. The van der Waals surface area contributed by atoms with Crippen LogP contribution in [0.3, 0.4) is 0 Å². The van der Waals surface area contributed by atoms with Crippen LogP contribution in [-0.4, -0.2) is 16.5 Å². The third-order valence-electron chi connectivity index (χ3n) is 2.09. The highest BCUT2D eigenvalue weighted by atomic mass is 127. The van der Waals surface area contributed by atoms with Gasteiger partial charge in [-0.1, -0.05) is 22.6 Å². The molecule has 0 aromatic heterocycles. The summed E-state index contributed by atoms with van der Waals surface area (Å²) < 4.78 is 0.815. The smallest absolute Gasteiger partial charge is 0.0418 e. The van der Waals surface area contributed by atoms with Gasteiger partial charge in [-0.3, -0.25) is 10.9 Å². The molecule has 0 spiro atoms. The van der Waals surface area contributed by atoms with Crippen LogP contribution >= 0.6 is 22.6 Å². The van der Waals surface area contributed by atoms with Crippen molar-refractivity contribution in [1.82, 2.24) is 10.9 Å². The van der Waals surface area contributed by atoms with Crippen molar-refractivity contribution in [2.75, 3.05) is 6.54 Å². The van der Waals surface area contributed by atoms with Gasteiger partial charge in [0, 0.05) is 16.5 Å². The quantitative estimate of drug-likeness (QED) is 0.518. The van der Waals surface area contributed by atoms with Crippen LogP contribution in [-0.2, 0) is 0 Å². The molecule has 0 aromatic carbocycles. The van der Waals surface area contributed by atoms with Crippen molar-refractivity contribution in [3.8, 4) is 0 Å². The number of halogens is 1. The first-order valence-electron chi connectivity index (χ1n) is 3.50. The van der Waals surface area contributed by atoms with E-state index < -0.39 is 0 Å². The lowest BCUT2D eigenvalue weighted by molar-refractivity contribution is 0.512. The SMILES string of the molecule is IC1CNNC1C1CC1. The molecule has 0 aromatic rings. The minimum atomic E-state index is 0.769. The zero-order valence-electron chi connectivity index (χ0n) is 5.23. The highest BCUT2D eigenvalue weighted by molar-refractivity contribution is 14.1. The summed E-state index contributed by atoms with van der Waals surface area (Å²) in [5.74, 6) is 0.988. The van der Waals surface area contributed by atoms with E-state index in [1.54, 1.807) is 0 Å². The van der Waals surface area contributed by atoms with Gasteiger partial charge in [0.25, 0.3) is 0 Å². The summed E-state index contributed by atoms with van der Waals surface area (Å²) in [6, 6.07) is 0.769. The molecule has 0 amide bonds. The first-order chi connectivity index (χ1) is 4.38. The Morgan fingerprint density at radius 1 is 1.33 bits per heavy atom. The summed E-state index contributed by atoms with van der Waals surface area (Å²) in [5.41, 5.74) is 6.50.